The van der Waals surface area contributed by atoms with Crippen LogP contribution < -0.4 is 14.9 Å². The molecule has 32 heavy (non-hydrogen) atoms. The Morgan fingerprint density at radius 2 is 1.75 bits per heavy atom. The minimum atomic E-state index is -1.71. The maximum atomic E-state index is 13.0. The first-order chi connectivity index (χ1) is 15.3. The molecule has 1 saturated heterocycles. The van der Waals surface area contributed by atoms with Gasteiger partial charge in [-0.15, -0.1) is 0 Å². The van der Waals surface area contributed by atoms with Gasteiger partial charge in [0, 0.05) is 17.7 Å². The van der Waals surface area contributed by atoms with Gasteiger partial charge >= 0.3 is 0 Å². The summed E-state index contributed by atoms with van der Waals surface area (Å²) in [4.78, 5) is 13.0. The van der Waals surface area contributed by atoms with Crippen LogP contribution >= 0.6 is 0 Å². The fourth-order valence-corrected chi connectivity index (χ4v) is 3.59. The van der Waals surface area contributed by atoms with Crippen LogP contribution in [0, 0.1) is 0 Å². The van der Waals surface area contributed by atoms with Crippen LogP contribution in [0.3, 0.4) is 0 Å². The average Bonchev–Trinajstić information content (AvgIpc) is 2.79. The Balaban J connectivity index is 1.83. The minimum Gasteiger partial charge on any atom is -0.504 e. The van der Waals surface area contributed by atoms with E-state index in [0.29, 0.717) is 5.56 Å². The highest BCUT2D eigenvalue weighted by Crippen LogP contribution is 2.41. The van der Waals surface area contributed by atoms with Gasteiger partial charge in [-0.3, -0.25) is 4.79 Å². The zero-order valence-corrected chi connectivity index (χ0v) is 16.9. The fraction of sp³-hybridized carbons (Fsp3) is 0.318. The molecular formula is C22H22O10. The number of aliphatic hydroxyl groups excluding tert-OH is 4. The molecule has 0 amide bonds. The second kappa shape index (κ2) is 8.77. The maximum absolute atomic E-state index is 13.0. The molecule has 0 bridgehead atoms. The molecule has 1 aromatic heterocycles. The van der Waals surface area contributed by atoms with Crippen molar-refractivity contribution in [2.45, 2.75) is 30.7 Å². The lowest BCUT2D eigenvalue weighted by atomic mass is 9.99. The summed E-state index contributed by atoms with van der Waals surface area (Å²) in [5.41, 5.74) is -0.00487. The lowest BCUT2D eigenvalue weighted by molar-refractivity contribution is -0.277. The predicted molar refractivity (Wildman–Crippen MR) is 111 cm³/mol. The van der Waals surface area contributed by atoms with E-state index in [9.17, 15) is 30.3 Å². The molecule has 0 saturated carbocycles. The first-order valence-corrected chi connectivity index (χ1v) is 9.76. The van der Waals surface area contributed by atoms with Crippen molar-refractivity contribution in [2.24, 2.45) is 0 Å². The highest BCUT2D eigenvalue weighted by atomic mass is 16.7. The highest BCUT2D eigenvalue weighted by molar-refractivity contribution is 5.92. The zero-order valence-electron chi connectivity index (χ0n) is 16.9. The van der Waals surface area contributed by atoms with Gasteiger partial charge < -0.3 is 44.2 Å². The van der Waals surface area contributed by atoms with Gasteiger partial charge in [0.2, 0.25) is 12.0 Å². The Hall–Kier alpha value is -3.15. The Bertz CT molecular complexity index is 1160. The Morgan fingerprint density at radius 3 is 2.41 bits per heavy atom. The van der Waals surface area contributed by atoms with Gasteiger partial charge in [0.05, 0.1) is 13.7 Å². The van der Waals surface area contributed by atoms with Crippen molar-refractivity contribution in [1.82, 2.24) is 0 Å². The summed E-state index contributed by atoms with van der Waals surface area (Å²) in [5.74, 6) is -0.495. The van der Waals surface area contributed by atoms with E-state index in [4.69, 9.17) is 18.6 Å². The van der Waals surface area contributed by atoms with E-state index in [2.05, 4.69) is 0 Å². The summed E-state index contributed by atoms with van der Waals surface area (Å²) >= 11 is 0. The fourth-order valence-electron chi connectivity index (χ4n) is 3.59. The van der Waals surface area contributed by atoms with Crippen LogP contribution in [0.1, 0.15) is 0 Å². The van der Waals surface area contributed by atoms with Crippen molar-refractivity contribution in [1.29, 1.82) is 0 Å². The summed E-state index contributed by atoms with van der Waals surface area (Å²) < 4.78 is 22.0. The molecule has 1 fully saturated rings. The van der Waals surface area contributed by atoms with E-state index in [-0.39, 0.29) is 28.2 Å². The van der Waals surface area contributed by atoms with Crippen molar-refractivity contribution in [3.63, 3.8) is 0 Å². The van der Waals surface area contributed by atoms with Crippen molar-refractivity contribution in [3.05, 3.63) is 52.7 Å². The number of benzene rings is 2. The van der Waals surface area contributed by atoms with Crippen LogP contribution in [0.15, 0.2) is 51.7 Å². The Morgan fingerprint density at radius 1 is 1.03 bits per heavy atom. The number of phenolic OH excluding ortho intramolecular Hbond substituents is 1. The summed E-state index contributed by atoms with van der Waals surface area (Å²) in [6, 6.07) is 11.2. The van der Waals surface area contributed by atoms with E-state index in [0.717, 1.165) is 6.07 Å². The van der Waals surface area contributed by atoms with Crippen molar-refractivity contribution >= 4 is 11.0 Å². The van der Waals surface area contributed by atoms with E-state index in [1.165, 1.54) is 13.2 Å². The monoisotopic (exact) mass is 446 g/mol. The average molecular weight is 446 g/mol. The van der Waals surface area contributed by atoms with E-state index >= 15 is 0 Å². The van der Waals surface area contributed by atoms with Crippen LogP contribution in [-0.2, 0) is 4.74 Å². The normalized spacial score (nSPS) is 25.6. The second-order valence-corrected chi connectivity index (χ2v) is 7.29. The van der Waals surface area contributed by atoms with Crippen LogP contribution in [0.25, 0.3) is 22.3 Å². The summed E-state index contributed by atoms with van der Waals surface area (Å²) in [6.45, 7) is -0.651. The summed E-state index contributed by atoms with van der Waals surface area (Å²) in [6.07, 6.45) is -7.73. The number of fused-ring (bicyclic) bond motifs is 1. The quantitative estimate of drug-likeness (QED) is 0.370. The number of hydrogen-bond donors (Lipinski definition) is 5. The van der Waals surface area contributed by atoms with Crippen molar-refractivity contribution in [2.75, 3.05) is 13.7 Å². The number of hydrogen-bond acceptors (Lipinski definition) is 10. The van der Waals surface area contributed by atoms with Gasteiger partial charge in [-0.05, 0) is 0 Å². The molecule has 5 atom stereocenters. The second-order valence-electron chi connectivity index (χ2n) is 7.29. The van der Waals surface area contributed by atoms with Crippen molar-refractivity contribution in [3.8, 4) is 28.6 Å². The van der Waals surface area contributed by atoms with Gasteiger partial charge in [-0.25, -0.2) is 0 Å². The molecule has 2 aromatic carbocycles. The molecule has 3 aromatic rings. The van der Waals surface area contributed by atoms with Crippen molar-refractivity contribution < 1.29 is 44.2 Å². The van der Waals surface area contributed by atoms with E-state index in [1.54, 1.807) is 24.3 Å². The van der Waals surface area contributed by atoms with Gasteiger partial charge in [0.1, 0.15) is 41.3 Å². The molecule has 170 valence electrons. The first kappa shape index (κ1) is 22.1. The molecule has 10 nitrogen and oxygen atoms in total. The molecule has 1 aliphatic rings. The van der Waals surface area contributed by atoms with Crippen LogP contribution in [-0.4, -0.2) is 70.0 Å². The molecule has 5 unspecified atom stereocenters. The van der Waals surface area contributed by atoms with Gasteiger partial charge in [0.15, 0.2) is 16.8 Å². The van der Waals surface area contributed by atoms with Gasteiger partial charge in [-0.2, -0.15) is 0 Å². The van der Waals surface area contributed by atoms with Crippen LogP contribution in [0.5, 0.6) is 17.2 Å². The van der Waals surface area contributed by atoms with Gasteiger partial charge in [-0.1, -0.05) is 30.3 Å². The maximum Gasteiger partial charge on any atom is 0.229 e. The number of aromatic hydroxyl groups is 1. The number of ether oxygens (including phenoxy) is 3. The molecule has 10 heteroatoms. The number of methoxy groups -OCH3 is 1. The van der Waals surface area contributed by atoms with E-state index in [1.807, 2.05) is 6.07 Å². The lowest BCUT2D eigenvalue weighted by Crippen LogP contribution is -2.60. The number of rotatable bonds is 5. The molecule has 0 radical (unpaired) electrons. The third-order valence-electron chi connectivity index (χ3n) is 5.25. The summed E-state index contributed by atoms with van der Waals surface area (Å²) in [7, 11) is 1.29. The smallest absolute Gasteiger partial charge is 0.229 e. The zero-order chi connectivity index (χ0) is 23.0. The molecular weight excluding hydrogens is 424 g/mol. The number of phenols is 1. The molecule has 0 spiro atoms. The third-order valence-corrected chi connectivity index (χ3v) is 5.25. The molecule has 1 aliphatic heterocycles. The minimum absolute atomic E-state index is 0.0987. The van der Waals surface area contributed by atoms with Crippen LogP contribution in [0.4, 0.5) is 0 Å². The largest absolute Gasteiger partial charge is 0.504 e. The topological polar surface area (TPSA) is 159 Å². The van der Waals surface area contributed by atoms with Crippen LogP contribution in [0.2, 0.25) is 0 Å². The Kier molecular flexibility index (Phi) is 6.04. The molecule has 5 N–H and O–H groups in total. The standard InChI is InChI=1S/C22H22O10/c1-29-20-12(25)8-14(31-22-19(28)18(27)17(26)15(9-23)32-22)16-11(24)7-13(30-21(16)20)10-5-3-2-4-6-10/h2-8,15,17-19,22-23,25-28H,9H2,1H3. The molecule has 4 rings (SSSR count). The number of aliphatic hydroxyl groups is 4. The highest BCUT2D eigenvalue weighted by Gasteiger charge is 2.45. The third kappa shape index (κ3) is 3.78. The molecule has 2 heterocycles. The lowest BCUT2D eigenvalue weighted by Gasteiger charge is -2.39. The van der Waals surface area contributed by atoms with Gasteiger partial charge in [0.25, 0.3) is 0 Å². The SMILES string of the molecule is COc1c(O)cc(OC2OC(CO)C(O)C(O)C2O)c2c(=O)cc(-c3ccccc3)oc12. The first-order valence-electron chi connectivity index (χ1n) is 9.76. The molecule has 0 aliphatic carbocycles. The Labute approximate surface area is 181 Å². The predicted octanol–water partition coefficient (Wildman–Crippen LogP) is 0.353. The van der Waals surface area contributed by atoms with E-state index < -0.39 is 48.5 Å². The summed E-state index contributed by atoms with van der Waals surface area (Å²) in [5, 5.41) is 49.9.